The fraction of sp³-hybridized carbons (Fsp3) is 0.458. The zero-order valence-electron chi connectivity index (χ0n) is 18.5. The molecule has 2 aliphatic rings. The minimum Gasteiger partial charge on any atom is -0.480 e. The number of carboxylic acid groups (broad SMARTS) is 1. The van der Waals surface area contributed by atoms with Crippen molar-refractivity contribution in [3.05, 3.63) is 64.5 Å². The predicted octanol–water partition coefficient (Wildman–Crippen LogP) is 3.50. The largest absolute Gasteiger partial charge is 0.480 e. The molecule has 1 heterocycles. The molecule has 2 aromatic rings. The summed E-state index contributed by atoms with van der Waals surface area (Å²) in [5.74, 6) is -3.07. The molecule has 0 amide bonds. The van der Waals surface area contributed by atoms with Gasteiger partial charge in [0.1, 0.15) is 11.9 Å². The van der Waals surface area contributed by atoms with Crippen LogP contribution in [-0.4, -0.2) is 41.2 Å². The van der Waals surface area contributed by atoms with E-state index in [2.05, 4.69) is 10.8 Å². The molecule has 2 aromatic carbocycles. The second-order valence-electron chi connectivity index (χ2n) is 9.63. The highest BCUT2D eigenvalue weighted by Gasteiger charge is 2.74. The molecule has 0 aromatic heterocycles. The van der Waals surface area contributed by atoms with Gasteiger partial charge in [0.25, 0.3) is 0 Å². The Hall–Kier alpha value is -2.62. The Morgan fingerprint density at radius 2 is 1.88 bits per heavy atom. The Labute approximate surface area is 189 Å². The van der Waals surface area contributed by atoms with E-state index in [1.807, 2.05) is 6.92 Å². The van der Waals surface area contributed by atoms with Gasteiger partial charge in [0, 0.05) is 22.6 Å². The van der Waals surface area contributed by atoms with E-state index in [0.29, 0.717) is 11.1 Å². The highest BCUT2D eigenvalue weighted by Crippen LogP contribution is 2.65. The van der Waals surface area contributed by atoms with Crippen molar-refractivity contribution in [3.8, 4) is 0 Å². The van der Waals surface area contributed by atoms with Crippen molar-refractivity contribution < 1.29 is 28.3 Å². The van der Waals surface area contributed by atoms with Crippen molar-refractivity contribution in [2.45, 2.75) is 49.7 Å². The van der Waals surface area contributed by atoms with Crippen LogP contribution in [0.5, 0.6) is 0 Å². The molecule has 1 aliphatic carbocycles. The molecular formula is C24H28F3N3O3. The molecule has 1 spiro atoms. The lowest BCUT2D eigenvalue weighted by Gasteiger charge is -2.60. The van der Waals surface area contributed by atoms with Crippen LogP contribution in [0, 0.1) is 25.1 Å². The van der Waals surface area contributed by atoms with Gasteiger partial charge in [-0.25, -0.2) is 4.39 Å². The third-order valence-electron chi connectivity index (χ3n) is 7.54. The molecule has 33 heavy (non-hydrogen) atoms. The maximum atomic E-state index is 15.4. The quantitative estimate of drug-likeness (QED) is 0.332. The number of benzene rings is 2. The van der Waals surface area contributed by atoms with Crippen molar-refractivity contribution in [2.24, 2.45) is 5.41 Å². The minimum absolute atomic E-state index is 0.0614. The van der Waals surface area contributed by atoms with Gasteiger partial charge in [-0.15, -0.1) is 0 Å². The molecule has 6 nitrogen and oxygen atoms in total. The van der Waals surface area contributed by atoms with E-state index in [1.165, 1.54) is 6.07 Å². The van der Waals surface area contributed by atoms with Gasteiger partial charge in [-0.3, -0.25) is 18.9 Å². The number of rotatable bonds is 6. The normalized spacial score (nSPS) is 27.5. The van der Waals surface area contributed by atoms with Crippen LogP contribution < -0.4 is 16.5 Å². The summed E-state index contributed by atoms with van der Waals surface area (Å²) < 4.78 is 43.2. The Morgan fingerprint density at radius 1 is 1.21 bits per heavy atom. The first-order chi connectivity index (χ1) is 15.6. The summed E-state index contributed by atoms with van der Waals surface area (Å²) in [6, 6.07) is 8.32. The van der Waals surface area contributed by atoms with Crippen LogP contribution in [0.25, 0.3) is 0 Å². The summed E-state index contributed by atoms with van der Waals surface area (Å²) in [4.78, 5) is 12.4. The van der Waals surface area contributed by atoms with Crippen molar-refractivity contribution in [2.75, 3.05) is 19.1 Å². The van der Waals surface area contributed by atoms with Gasteiger partial charge >= 0.3 is 5.97 Å². The van der Waals surface area contributed by atoms with E-state index in [0.717, 1.165) is 5.56 Å². The number of nitrogens with one attached hydrogen (secondary N) is 2. The minimum atomic E-state index is -1.67. The lowest BCUT2D eigenvalue weighted by atomic mass is 9.49. The SMILES string of the molecule is Cc1ccc([C@@]2(NO)[C@@H](c3cccc(C)c3F)[C@H](C(=O)O)NC23CC(CF)(CF)C3)c(N)c1. The van der Waals surface area contributed by atoms with Crippen LogP contribution in [0.1, 0.15) is 41.0 Å². The first kappa shape index (κ1) is 23.5. The van der Waals surface area contributed by atoms with Gasteiger partial charge < -0.3 is 16.0 Å². The molecule has 9 heteroatoms. The maximum absolute atomic E-state index is 15.4. The van der Waals surface area contributed by atoms with Gasteiger partial charge in [-0.1, -0.05) is 30.3 Å². The topological polar surface area (TPSA) is 108 Å². The summed E-state index contributed by atoms with van der Waals surface area (Å²) in [7, 11) is 0. The van der Waals surface area contributed by atoms with Crippen LogP contribution in [0.2, 0.25) is 0 Å². The molecule has 0 unspecified atom stereocenters. The summed E-state index contributed by atoms with van der Waals surface area (Å²) in [5.41, 5.74) is 6.14. The predicted molar refractivity (Wildman–Crippen MR) is 117 cm³/mol. The number of nitrogens with two attached hydrogens (primary N) is 1. The summed E-state index contributed by atoms with van der Waals surface area (Å²) in [6.07, 6.45) is -0.219. The number of carbonyl (C=O) groups is 1. The monoisotopic (exact) mass is 463 g/mol. The van der Waals surface area contributed by atoms with Crippen molar-refractivity contribution in [1.82, 2.24) is 10.8 Å². The Morgan fingerprint density at radius 3 is 2.42 bits per heavy atom. The number of carboxylic acids is 1. The first-order valence-corrected chi connectivity index (χ1v) is 10.8. The second-order valence-corrected chi connectivity index (χ2v) is 9.63. The van der Waals surface area contributed by atoms with Crippen molar-refractivity contribution in [1.29, 1.82) is 0 Å². The molecule has 4 rings (SSSR count). The molecule has 3 atom stereocenters. The van der Waals surface area contributed by atoms with E-state index in [9.17, 15) is 23.9 Å². The summed E-state index contributed by atoms with van der Waals surface area (Å²) in [6.45, 7) is 1.49. The average Bonchev–Trinajstić information content (AvgIpc) is 3.05. The standard InChI is InChI=1S/C24H28F3N3O3/c1-13-6-7-16(17(28)8-13)24(30-33)18(15-5-3-4-14(2)19(15)27)20(21(31)32)29-23(24)9-22(10-23,11-25)12-26/h3-8,18,20,29-30,33H,9-12,28H2,1-2H3,(H,31,32)/t18-,20+,24+/m0/s1. The molecule has 6 N–H and O–H groups in total. The fourth-order valence-electron chi connectivity index (χ4n) is 6.11. The fourth-order valence-corrected chi connectivity index (χ4v) is 6.11. The van der Waals surface area contributed by atoms with E-state index in [4.69, 9.17) is 5.73 Å². The van der Waals surface area contributed by atoms with Crippen LogP contribution in [-0.2, 0) is 10.3 Å². The number of hydroxylamine groups is 1. The smallest absolute Gasteiger partial charge is 0.321 e. The highest BCUT2D eigenvalue weighted by molar-refractivity contribution is 5.78. The number of aliphatic carboxylic acids is 1. The summed E-state index contributed by atoms with van der Waals surface area (Å²) in [5, 5.41) is 23.9. The van der Waals surface area contributed by atoms with Crippen LogP contribution >= 0.6 is 0 Å². The number of alkyl halides is 2. The molecule has 2 fully saturated rings. The number of nitrogen functional groups attached to an aromatic ring is 1. The van der Waals surface area contributed by atoms with Crippen LogP contribution in [0.15, 0.2) is 36.4 Å². The van der Waals surface area contributed by atoms with Gasteiger partial charge in [0.2, 0.25) is 0 Å². The van der Waals surface area contributed by atoms with Gasteiger partial charge in [0.05, 0.1) is 18.9 Å². The number of hydrogen-bond donors (Lipinski definition) is 5. The van der Waals surface area contributed by atoms with E-state index in [1.54, 1.807) is 37.3 Å². The Balaban J connectivity index is 2.04. The number of aryl methyl sites for hydroxylation is 2. The summed E-state index contributed by atoms with van der Waals surface area (Å²) >= 11 is 0. The molecule has 178 valence electrons. The number of halogens is 3. The zero-order valence-corrected chi connectivity index (χ0v) is 18.5. The average molecular weight is 464 g/mol. The number of hydrogen-bond acceptors (Lipinski definition) is 5. The first-order valence-electron chi connectivity index (χ1n) is 10.8. The Kier molecular flexibility index (Phi) is 5.71. The van der Waals surface area contributed by atoms with Crippen molar-refractivity contribution in [3.63, 3.8) is 0 Å². The molecule has 0 bridgehead atoms. The lowest BCUT2D eigenvalue weighted by molar-refractivity contribution is -0.140. The van der Waals surface area contributed by atoms with Gasteiger partial charge in [-0.2, -0.15) is 5.48 Å². The van der Waals surface area contributed by atoms with Crippen molar-refractivity contribution >= 4 is 11.7 Å². The molecular weight excluding hydrogens is 435 g/mol. The second kappa shape index (κ2) is 8.00. The third-order valence-corrected chi connectivity index (χ3v) is 7.54. The molecule has 0 radical (unpaired) electrons. The molecule has 1 aliphatic heterocycles. The van der Waals surface area contributed by atoms with E-state index < -0.39 is 53.6 Å². The Bertz CT molecular complexity index is 1080. The third kappa shape index (κ3) is 3.17. The highest BCUT2D eigenvalue weighted by atomic mass is 19.1. The maximum Gasteiger partial charge on any atom is 0.321 e. The molecule has 1 saturated heterocycles. The van der Waals surface area contributed by atoms with E-state index in [-0.39, 0.29) is 24.1 Å². The molecule has 1 saturated carbocycles. The lowest BCUT2D eigenvalue weighted by Crippen LogP contribution is -2.72. The van der Waals surface area contributed by atoms with Gasteiger partial charge in [-0.05, 0) is 55.0 Å². The van der Waals surface area contributed by atoms with E-state index >= 15 is 4.39 Å². The van der Waals surface area contributed by atoms with Crippen LogP contribution in [0.3, 0.4) is 0 Å². The number of anilines is 1. The van der Waals surface area contributed by atoms with Crippen LogP contribution in [0.4, 0.5) is 18.9 Å². The zero-order chi connectivity index (χ0) is 24.2. The van der Waals surface area contributed by atoms with Gasteiger partial charge in [0.15, 0.2) is 0 Å².